The molecule has 152 valence electrons. The Hall–Kier alpha value is -2.94. The number of carboxylic acids is 1. The Morgan fingerprint density at radius 1 is 1.00 bits per heavy atom. The second-order valence-electron chi connectivity index (χ2n) is 7.26. The summed E-state index contributed by atoms with van der Waals surface area (Å²) < 4.78 is 23.5. The molecule has 1 fully saturated rings. The molecule has 0 atom stereocenters. The number of anilines is 1. The number of hydrogen-bond donors (Lipinski definition) is 1. The fourth-order valence-electron chi connectivity index (χ4n) is 3.95. The van der Waals surface area contributed by atoms with Crippen LogP contribution in [0.1, 0.15) is 33.6 Å². The van der Waals surface area contributed by atoms with Gasteiger partial charge in [0.25, 0.3) is 11.8 Å². The van der Waals surface area contributed by atoms with E-state index in [1.165, 1.54) is 0 Å². The molecule has 2 aromatic carbocycles. The van der Waals surface area contributed by atoms with E-state index in [0.717, 1.165) is 16.0 Å². The largest absolute Gasteiger partial charge is 0.481 e. The molecule has 4 rings (SSSR count). The van der Waals surface area contributed by atoms with Gasteiger partial charge in [-0.05, 0) is 24.6 Å². The van der Waals surface area contributed by atoms with Gasteiger partial charge < -0.3 is 10.0 Å². The van der Waals surface area contributed by atoms with Gasteiger partial charge in [0.15, 0.2) is 9.84 Å². The van der Waals surface area contributed by atoms with Crippen molar-refractivity contribution in [2.45, 2.75) is 12.8 Å². The first-order valence-electron chi connectivity index (χ1n) is 9.37. The second kappa shape index (κ2) is 7.14. The lowest BCUT2D eigenvalue weighted by atomic mass is 9.92. The van der Waals surface area contributed by atoms with Gasteiger partial charge in [0.2, 0.25) is 0 Å². The van der Waals surface area contributed by atoms with Crippen LogP contribution in [0.5, 0.6) is 0 Å². The van der Waals surface area contributed by atoms with Crippen LogP contribution >= 0.6 is 0 Å². The van der Waals surface area contributed by atoms with Gasteiger partial charge in [0.05, 0.1) is 11.5 Å². The van der Waals surface area contributed by atoms with Gasteiger partial charge in [0, 0.05) is 53.6 Å². The Labute approximate surface area is 167 Å². The molecule has 8 nitrogen and oxygen atoms in total. The van der Waals surface area contributed by atoms with Crippen molar-refractivity contribution in [2.24, 2.45) is 0 Å². The van der Waals surface area contributed by atoms with E-state index in [4.69, 9.17) is 5.11 Å². The fraction of sp³-hybridized carbons (Fsp3) is 0.350. The third-order valence-corrected chi connectivity index (χ3v) is 7.04. The molecule has 0 saturated carbocycles. The number of rotatable bonds is 5. The summed E-state index contributed by atoms with van der Waals surface area (Å²) in [7, 11) is -3.02. The first-order chi connectivity index (χ1) is 13.8. The molecule has 1 saturated heterocycles. The zero-order chi connectivity index (χ0) is 20.8. The van der Waals surface area contributed by atoms with E-state index in [0.29, 0.717) is 29.6 Å². The first-order valence-corrected chi connectivity index (χ1v) is 11.2. The van der Waals surface area contributed by atoms with E-state index >= 15 is 0 Å². The minimum Gasteiger partial charge on any atom is -0.481 e. The predicted molar refractivity (Wildman–Crippen MR) is 107 cm³/mol. The van der Waals surface area contributed by atoms with Gasteiger partial charge in [-0.25, -0.2) is 8.42 Å². The number of amides is 2. The van der Waals surface area contributed by atoms with Crippen molar-refractivity contribution in [3.05, 3.63) is 41.5 Å². The van der Waals surface area contributed by atoms with Crippen LogP contribution in [0.2, 0.25) is 0 Å². The van der Waals surface area contributed by atoms with Crippen molar-refractivity contribution >= 4 is 44.1 Å². The molecule has 0 bridgehead atoms. The van der Waals surface area contributed by atoms with Crippen LogP contribution in [0, 0.1) is 0 Å². The second-order valence-corrected chi connectivity index (χ2v) is 9.56. The molecule has 9 heteroatoms. The number of carboxylic acid groups (broad SMARTS) is 1. The predicted octanol–water partition coefficient (Wildman–Crippen LogP) is 1.54. The van der Waals surface area contributed by atoms with Gasteiger partial charge in [-0.3, -0.25) is 19.3 Å². The molecule has 2 heterocycles. The van der Waals surface area contributed by atoms with Crippen LogP contribution in [0.15, 0.2) is 30.3 Å². The minimum absolute atomic E-state index is 0.0472. The van der Waals surface area contributed by atoms with Crippen molar-refractivity contribution in [2.75, 3.05) is 36.0 Å². The first kappa shape index (κ1) is 19.4. The molecule has 0 aromatic heterocycles. The standard InChI is InChI=1S/C20H20N2O6S/c23-17(24)5-2-8-22-19(25)14-4-1-3-13-16(7-6-15(18(13)14)20(22)26)21-9-11-29(27,28)12-10-21/h1,3-4,6-7H,2,5,8-12H2,(H,23,24). The summed E-state index contributed by atoms with van der Waals surface area (Å²) in [4.78, 5) is 39.7. The van der Waals surface area contributed by atoms with Crippen LogP contribution in [0.4, 0.5) is 5.69 Å². The Balaban J connectivity index is 1.73. The van der Waals surface area contributed by atoms with Crippen LogP contribution in [-0.2, 0) is 14.6 Å². The fourth-order valence-corrected chi connectivity index (χ4v) is 5.15. The highest BCUT2D eigenvalue weighted by Gasteiger charge is 2.34. The van der Waals surface area contributed by atoms with Crippen LogP contribution in [0.3, 0.4) is 0 Å². The van der Waals surface area contributed by atoms with E-state index in [2.05, 4.69) is 0 Å². The smallest absolute Gasteiger partial charge is 0.303 e. The third-order valence-electron chi connectivity index (χ3n) is 5.43. The topological polar surface area (TPSA) is 112 Å². The summed E-state index contributed by atoms with van der Waals surface area (Å²) in [5, 5.41) is 10.1. The number of sulfone groups is 1. The molecular formula is C20H20N2O6S. The van der Waals surface area contributed by atoms with Crippen molar-refractivity contribution < 1.29 is 27.9 Å². The lowest BCUT2D eigenvalue weighted by Crippen LogP contribution is -2.42. The molecule has 2 aliphatic heterocycles. The van der Waals surface area contributed by atoms with Crippen molar-refractivity contribution in [1.29, 1.82) is 0 Å². The van der Waals surface area contributed by atoms with E-state index in [-0.39, 0.29) is 30.9 Å². The third kappa shape index (κ3) is 3.46. The summed E-state index contributed by atoms with van der Waals surface area (Å²) in [6.45, 7) is 0.778. The molecule has 0 radical (unpaired) electrons. The SMILES string of the molecule is O=C(O)CCCN1C(=O)c2cccc3c(N4CCS(=O)(=O)CC4)ccc(c23)C1=O. The van der Waals surface area contributed by atoms with Crippen LogP contribution in [0.25, 0.3) is 10.8 Å². The normalized spacial score (nSPS) is 18.3. The number of carbonyl (C=O) groups is 3. The summed E-state index contributed by atoms with van der Waals surface area (Å²) in [6, 6.07) is 8.71. The highest BCUT2D eigenvalue weighted by atomic mass is 32.2. The molecule has 0 aliphatic carbocycles. The molecule has 2 aliphatic rings. The van der Waals surface area contributed by atoms with Crippen LogP contribution < -0.4 is 4.90 Å². The molecule has 1 N–H and O–H groups in total. The van der Waals surface area contributed by atoms with Gasteiger partial charge in [-0.2, -0.15) is 0 Å². The molecule has 0 unspecified atom stereocenters. The van der Waals surface area contributed by atoms with E-state index in [1.807, 2.05) is 11.0 Å². The summed E-state index contributed by atoms with van der Waals surface area (Å²) in [6.07, 6.45) is 0.0728. The Bertz CT molecular complexity index is 1100. The number of carbonyl (C=O) groups excluding carboxylic acids is 2. The average molecular weight is 416 g/mol. The monoisotopic (exact) mass is 416 g/mol. The molecule has 0 spiro atoms. The Kier molecular flexibility index (Phi) is 4.77. The average Bonchev–Trinajstić information content (AvgIpc) is 2.68. The number of hydrogen-bond acceptors (Lipinski definition) is 6. The Morgan fingerprint density at radius 3 is 2.31 bits per heavy atom. The quantitative estimate of drug-likeness (QED) is 0.736. The maximum absolute atomic E-state index is 12.9. The lowest BCUT2D eigenvalue weighted by Gasteiger charge is -2.32. The number of imide groups is 1. The molecule has 2 amide bonds. The summed E-state index contributed by atoms with van der Waals surface area (Å²) in [5.74, 6) is -1.69. The summed E-state index contributed by atoms with van der Waals surface area (Å²) in [5.41, 5.74) is 1.61. The van der Waals surface area contributed by atoms with E-state index in [9.17, 15) is 22.8 Å². The summed E-state index contributed by atoms with van der Waals surface area (Å²) >= 11 is 0. The number of aliphatic carboxylic acids is 1. The highest BCUT2D eigenvalue weighted by Crippen LogP contribution is 2.36. The number of benzene rings is 2. The van der Waals surface area contributed by atoms with Gasteiger partial charge in [-0.1, -0.05) is 12.1 Å². The zero-order valence-electron chi connectivity index (χ0n) is 15.6. The lowest BCUT2D eigenvalue weighted by molar-refractivity contribution is -0.137. The zero-order valence-corrected chi connectivity index (χ0v) is 16.4. The van der Waals surface area contributed by atoms with Crippen molar-refractivity contribution in [3.8, 4) is 0 Å². The highest BCUT2D eigenvalue weighted by molar-refractivity contribution is 7.91. The molecular weight excluding hydrogens is 396 g/mol. The van der Waals surface area contributed by atoms with E-state index in [1.54, 1.807) is 24.3 Å². The maximum atomic E-state index is 12.9. The number of nitrogens with zero attached hydrogens (tertiary/aromatic N) is 2. The van der Waals surface area contributed by atoms with Gasteiger partial charge in [-0.15, -0.1) is 0 Å². The van der Waals surface area contributed by atoms with Gasteiger partial charge in [0.1, 0.15) is 0 Å². The Morgan fingerprint density at radius 2 is 1.66 bits per heavy atom. The van der Waals surface area contributed by atoms with Crippen molar-refractivity contribution in [3.63, 3.8) is 0 Å². The van der Waals surface area contributed by atoms with Crippen molar-refractivity contribution in [1.82, 2.24) is 4.90 Å². The molecule has 2 aromatic rings. The maximum Gasteiger partial charge on any atom is 0.303 e. The minimum atomic E-state index is -3.02. The van der Waals surface area contributed by atoms with Gasteiger partial charge >= 0.3 is 5.97 Å². The molecule has 29 heavy (non-hydrogen) atoms. The van der Waals surface area contributed by atoms with Crippen LogP contribution in [-0.4, -0.2) is 67.3 Å². The van der Waals surface area contributed by atoms with E-state index < -0.39 is 27.6 Å².